The van der Waals surface area contributed by atoms with Crippen LogP contribution in [-0.2, 0) is 10.0 Å². The number of hydrogen-bond donors (Lipinski definition) is 0. The van der Waals surface area contributed by atoms with Gasteiger partial charge < -0.3 is 0 Å². The molecule has 6 nitrogen and oxygen atoms in total. The third-order valence-corrected chi connectivity index (χ3v) is 5.09. The van der Waals surface area contributed by atoms with E-state index in [1.54, 1.807) is 43.7 Å². The summed E-state index contributed by atoms with van der Waals surface area (Å²) in [4.78, 5) is 5.25. The Labute approximate surface area is 126 Å². The fourth-order valence-electron chi connectivity index (χ4n) is 1.96. The lowest BCUT2D eigenvalue weighted by Gasteiger charge is -2.11. The summed E-state index contributed by atoms with van der Waals surface area (Å²) < 4.78 is 27.7. The maximum absolute atomic E-state index is 12.0. The normalized spacial score (nSPS) is 16.0. The molecular weight excluding hydrogens is 308 g/mol. The number of nitrogens with zero attached hydrogens (tertiary/aromatic N) is 4. The number of fused-ring (bicyclic) bond motifs is 1. The van der Waals surface area contributed by atoms with Crippen molar-refractivity contribution in [2.45, 2.75) is 11.8 Å². The maximum atomic E-state index is 12.0. The van der Waals surface area contributed by atoms with E-state index < -0.39 is 10.0 Å². The lowest BCUT2D eigenvalue weighted by Crippen LogP contribution is -2.21. The average Bonchev–Trinajstić information content (AvgIpc) is 2.99. The monoisotopic (exact) mass is 320 g/mol. The molecule has 3 rings (SSSR count). The van der Waals surface area contributed by atoms with Crippen LogP contribution in [0, 0.1) is 6.92 Å². The molecule has 0 saturated carbocycles. The molecule has 0 radical (unpaired) electrons. The summed E-state index contributed by atoms with van der Waals surface area (Å²) in [6.45, 7) is 1.91. The maximum Gasteiger partial charge on any atom is 0.285 e. The van der Waals surface area contributed by atoms with E-state index in [-0.39, 0.29) is 4.90 Å². The van der Waals surface area contributed by atoms with Crippen LogP contribution in [0.5, 0.6) is 0 Å². The molecule has 1 aromatic heterocycles. The van der Waals surface area contributed by atoms with Gasteiger partial charge in [-0.1, -0.05) is 12.1 Å². The summed E-state index contributed by atoms with van der Waals surface area (Å²) >= 11 is 1.51. The third kappa shape index (κ3) is 2.59. The van der Waals surface area contributed by atoms with Crippen molar-refractivity contribution < 1.29 is 8.42 Å². The van der Waals surface area contributed by atoms with E-state index in [2.05, 4.69) is 14.5 Å². The zero-order valence-corrected chi connectivity index (χ0v) is 13.0. The summed E-state index contributed by atoms with van der Waals surface area (Å²) in [6.07, 6.45) is 3.36. The van der Waals surface area contributed by atoms with Crippen LogP contribution in [0.2, 0.25) is 0 Å². The fraction of sp³-hybridized carbons (Fsp3) is 0.154. The minimum absolute atomic E-state index is 0.218. The van der Waals surface area contributed by atoms with E-state index in [1.807, 2.05) is 6.92 Å². The number of sulfonamides is 1. The number of benzene rings is 1. The largest absolute Gasteiger partial charge is 0.285 e. The predicted octanol–water partition coefficient (Wildman–Crippen LogP) is 1.87. The average molecular weight is 320 g/mol. The van der Waals surface area contributed by atoms with Crippen LogP contribution in [-0.4, -0.2) is 37.5 Å². The number of aromatic nitrogens is 1. The Kier molecular flexibility index (Phi) is 3.34. The van der Waals surface area contributed by atoms with Gasteiger partial charge in [0, 0.05) is 18.8 Å². The molecule has 0 N–H and O–H groups in total. The number of hydrazone groups is 1. The molecule has 1 aliphatic heterocycles. The molecule has 0 fully saturated rings. The second kappa shape index (κ2) is 5.05. The van der Waals surface area contributed by atoms with Gasteiger partial charge in [-0.2, -0.15) is 13.5 Å². The van der Waals surface area contributed by atoms with E-state index in [9.17, 15) is 8.42 Å². The summed E-state index contributed by atoms with van der Waals surface area (Å²) in [5.74, 6) is 0.322. The third-order valence-electron chi connectivity index (χ3n) is 2.92. The highest BCUT2D eigenvalue weighted by Gasteiger charge is 2.30. The van der Waals surface area contributed by atoms with Gasteiger partial charge in [-0.05, 0) is 19.1 Å². The number of amidine groups is 1. The van der Waals surface area contributed by atoms with Gasteiger partial charge in [0.15, 0.2) is 5.84 Å². The van der Waals surface area contributed by atoms with Crippen LogP contribution in [0.15, 0.2) is 44.9 Å². The minimum atomic E-state index is -3.62. The van der Waals surface area contributed by atoms with Crippen molar-refractivity contribution >= 4 is 33.4 Å². The molecule has 1 aliphatic rings. The molecule has 8 heteroatoms. The Morgan fingerprint density at radius 3 is 2.81 bits per heavy atom. The van der Waals surface area contributed by atoms with Crippen LogP contribution in [0.25, 0.3) is 0 Å². The number of aryl methyl sites for hydroxylation is 1. The molecule has 0 amide bonds. The van der Waals surface area contributed by atoms with Gasteiger partial charge in [0.2, 0.25) is 0 Å². The van der Waals surface area contributed by atoms with E-state index in [0.717, 1.165) is 9.88 Å². The SMILES string of the molecule is Cc1ncc(/C=N/N(C)C2=NS(=O)(=O)c3ccccc32)s1. The molecular formula is C13H12N4O2S2. The van der Waals surface area contributed by atoms with Crippen molar-refractivity contribution in [1.29, 1.82) is 0 Å². The van der Waals surface area contributed by atoms with Crippen LogP contribution >= 0.6 is 11.3 Å². The molecule has 108 valence electrons. The smallest absolute Gasteiger partial charge is 0.250 e. The van der Waals surface area contributed by atoms with Crippen molar-refractivity contribution in [2.24, 2.45) is 9.50 Å². The zero-order chi connectivity index (χ0) is 15.0. The van der Waals surface area contributed by atoms with Crippen LogP contribution in [0.4, 0.5) is 0 Å². The molecule has 21 heavy (non-hydrogen) atoms. The zero-order valence-electron chi connectivity index (χ0n) is 11.4. The van der Waals surface area contributed by atoms with Crippen molar-refractivity contribution in [3.05, 3.63) is 45.9 Å². The van der Waals surface area contributed by atoms with E-state index in [1.165, 1.54) is 16.3 Å². The minimum Gasteiger partial charge on any atom is -0.250 e. The van der Waals surface area contributed by atoms with Crippen molar-refractivity contribution in [3.8, 4) is 0 Å². The fourth-order valence-corrected chi connectivity index (χ4v) is 3.84. The highest BCUT2D eigenvalue weighted by Crippen LogP contribution is 2.26. The second-order valence-corrected chi connectivity index (χ2v) is 7.27. The van der Waals surface area contributed by atoms with Crippen molar-refractivity contribution in [3.63, 3.8) is 0 Å². The lowest BCUT2D eigenvalue weighted by atomic mass is 10.2. The molecule has 2 aromatic rings. The van der Waals surface area contributed by atoms with Crippen LogP contribution in [0.1, 0.15) is 15.4 Å². The summed E-state index contributed by atoms with van der Waals surface area (Å²) in [7, 11) is -1.95. The van der Waals surface area contributed by atoms with Gasteiger partial charge >= 0.3 is 0 Å². The Hall–Kier alpha value is -2.06. The summed E-state index contributed by atoms with van der Waals surface area (Å²) in [5, 5.41) is 6.64. The molecule has 1 aromatic carbocycles. The van der Waals surface area contributed by atoms with Crippen molar-refractivity contribution in [2.75, 3.05) is 7.05 Å². The Balaban J connectivity index is 1.93. The Bertz CT molecular complexity index is 853. The number of rotatable bonds is 2. The molecule has 0 atom stereocenters. The first-order valence-corrected chi connectivity index (χ1v) is 8.37. The summed E-state index contributed by atoms with van der Waals surface area (Å²) in [5.41, 5.74) is 0.567. The van der Waals surface area contributed by atoms with E-state index in [4.69, 9.17) is 0 Å². The van der Waals surface area contributed by atoms with Crippen LogP contribution in [0.3, 0.4) is 0 Å². The first-order chi connectivity index (χ1) is 9.97. The van der Waals surface area contributed by atoms with Gasteiger partial charge in [0.1, 0.15) is 4.90 Å². The first-order valence-electron chi connectivity index (χ1n) is 6.12. The van der Waals surface area contributed by atoms with E-state index >= 15 is 0 Å². The predicted molar refractivity (Wildman–Crippen MR) is 82.4 cm³/mol. The molecule has 0 bridgehead atoms. The van der Waals surface area contributed by atoms with Gasteiger partial charge in [-0.15, -0.1) is 15.7 Å². The quantitative estimate of drug-likeness (QED) is 0.625. The lowest BCUT2D eigenvalue weighted by molar-refractivity contribution is 0.549. The Morgan fingerprint density at radius 2 is 2.10 bits per heavy atom. The highest BCUT2D eigenvalue weighted by molar-refractivity contribution is 7.90. The standard InChI is InChI=1S/C13H12N4O2S2/c1-9-14-7-10(20-9)8-15-17(2)13-11-5-3-4-6-12(11)21(18,19)16-13/h3-8H,1-2H3/b15-8+. The Morgan fingerprint density at radius 1 is 1.33 bits per heavy atom. The van der Waals surface area contributed by atoms with Gasteiger partial charge in [0.05, 0.1) is 16.1 Å². The molecule has 0 saturated heterocycles. The first kappa shape index (κ1) is 13.9. The molecule has 2 heterocycles. The van der Waals surface area contributed by atoms with Crippen molar-refractivity contribution in [1.82, 2.24) is 9.99 Å². The topological polar surface area (TPSA) is 75.0 Å². The van der Waals surface area contributed by atoms with Gasteiger partial charge in [0.25, 0.3) is 10.0 Å². The highest BCUT2D eigenvalue weighted by atomic mass is 32.2. The number of thiazole rings is 1. The van der Waals surface area contributed by atoms with Crippen LogP contribution < -0.4 is 0 Å². The molecule has 0 unspecified atom stereocenters. The van der Waals surface area contributed by atoms with E-state index in [0.29, 0.717) is 11.4 Å². The van der Waals surface area contributed by atoms with Gasteiger partial charge in [-0.3, -0.25) is 0 Å². The van der Waals surface area contributed by atoms with Gasteiger partial charge in [-0.25, -0.2) is 9.99 Å². The molecule has 0 spiro atoms. The summed E-state index contributed by atoms with van der Waals surface area (Å²) in [6, 6.07) is 6.73. The second-order valence-electron chi connectivity index (χ2n) is 4.44. The number of hydrogen-bond acceptors (Lipinski definition) is 6. The molecule has 0 aliphatic carbocycles.